The molecule has 0 N–H and O–H groups in total. The highest BCUT2D eigenvalue weighted by atomic mass is 16.7. The molecule has 0 saturated heterocycles. The largest absolute Gasteiger partial charge is 0.497 e. The second kappa shape index (κ2) is 5.85. The van der Waals surface area contributed by atoms with E-state index in [0.29, 0.717) is 22.6 Å². The predicted molar refractivity (Wildman–Crippen MR) is 80.6 cm³/mol. The van der Waals surface area contributed by atoms with Crippen LogP contribution in [0.3, 0.4) is 0 Å². The molecule has 0 amide bonds. The van der Waals surface area contributed by atoms with Gasteiger partial charge < -0.3 is 9.57 Å². The topological polar surface area (TPSA) is 74.0 Å². The highest BCUT2D eigenvalue weighted by Crippen LogP contribution is 2.32. The Bertz CT molecular complexity index is 698. The van der Waals surface area contributed by atoms with Gasteiger partial charge in [-0.2, -0.15) is 0 Å². The highest BCUT2D eigenvalue weighted by molar-refractivity contribution is 6.04. The lowest BCUT2D eigenvalue weighted by molar-refractivity contribution is -0.512. The number of nitro groups is 1. The van der Waals surface area contributed by atoms with Gasteiger partial charge in [-0.25, -0.2) is 0 Å². The van der Waals surface area contributed by atoms with Gasteiger partial charge >= 0.3 is 6.04 Å². The zero-order valence-electron chi connectivity index (χ0n) is 11.9. The Morgan fingerprint density at radius 3 is 2.41 bits per heavy atom. The third-order valence-corrected chi connectivity index (χ3v) is 3.57. The second-order valence-corrected chi connectivity index (χ2v) is 4.87. The first-order valence-corrected chi connectivity index (χ1v) is 6.77. The van der Waals surface area contributed by atoms with E-state index in [1.165, 1.54) is 0 Å². The van der Waals surface area contributed by atoms with Crippen LogP contribution in [0.1, 0.15) is 17.2 Å². The molecule has 2 atom stereocenters. The molecule has 1 aliphatic heterocycles. The van der Waals surface area contributed by atoms with Crippen molar-refractivity contribution in [1.82, 2.24) is 0 Å². The first-order chi connectivity index (χ1) is 10.7. The molecule has 0 aliphatic carbocycles. The van der Waals surface area contributed by atoms with Crippen molar-refractivity contribution in [2.45, 2.75) is 12.1 Å². The summed E-state index contributed by atoms with van der Waals surface area (Å²) in [5.74, 6) is 0.684. The van der Waals surface area contributed by atoms with Gasteiger partial charge in [0.25, 0.3) is 0 Å². The molecule has 2 aromatic carbocycles. The van der Waals surface area contributed by atoms with Gasteiger partial charge in [0, 0.05) is 16.1 Å². The van der Waals surface area contributed by atoms with E-state index in [4.69, 9.17) is 9.57 Å². The summed E-state index contributed by atoms with van der Waals surface area (Å²) < 4.78 is 5.09. The normalized spacial score (nSPS) is 20.1. The van der Waals surface area contributed by atoms with Gasteiger partial charge in [0.15, 0.2) is 5.71 Å². The summed E-state index contributed by atoms with van der Waals surface area (Å²) in [5, 5.41) is 15.5. The van der Waals surface area contributed by atoms with E-state index < -0.39 is 12.1 Å². The standard InChI is InChI=1S/C16H14N2O4/c1-21-13-9-7-12(8-10-13)16-15(18(19)20)14(17-22-16)11-5-3-2-4-6-11/h2-10,15-16H,1H3. The molecule has 3 rings (SSSR count). The lowest BCUT2D eigenvalue weighted by Gasteiger charge is -2.13. The minimum atomic E-state index is -1.03. The molecule has 6 nitrogen and oxygen atoms in total. The molecule has 0 spiro atoms. The average Bonchev–Trinajstić information content (AvgIpc) is 3.01. The third-order valence-electron chi connectivity index (χ3n) is 3.57. The fourth-order valence-corrected chi connectivity index (χ4v) is 2.45. The smallest absolute Gasteiger partial charge is 0.301 e. The van der Waals surface area contributed by atoms with Gasteiger partial charge in [-0.3, -0.25) is 10.1 Å². The Balaban J connectivity index is 1.92. The molecule has 6 heteroatoms. The van der Waals surface area contributed by atoms with Crippen LogP contribution in [0.25, 0.3) is 0 Å². The summed E-state index contributed by atoms with van der Waals surface area (Å²) in [6.45, 7) is 0. The Morgan fingerprint density at radius 2 is 1.82 bits per heavy atom. The van der Waals surface area contributed by atoms with Gasteiger partial charge in [0.1, 0.15) is 5.75 Å². The van der Waals surface area contributed by atoms with Crippen LogP contribution in [0.5, 0.6) is 5.75 Å². The second-order valence-electron chi connectivity index (χ2n) is 4.87. The van der Waals surface area contributed by atoms with Crippen molar-refractivity contribution < 1.29 is 14.5 Å². The molecule has 0 fully saturated rings. The molecule has 0 bridgehead atoms. The summed E-state index contributed by atoms with van der Waals surface area (Å²) in [6, 6.07) is 15.0. The summed E-state index contributed by atoms with van der Waals surface area (Å²) in [4.78, 5) is 16.5. The molecule has 2 unspecified atom stereocenters. The zero-order chi connectivity index (χ0) is 15.5. The number of hydrogen-bond acceptors (Lipinski definition) is 5. The van der Waals surface area contributed by atoms with Crippen molar-refractivity contribution in [1.29, 1.82) is 0 Å². The van der Waals surface area contributed by atoms with Crippen molar-refractivity contribution in [3.05, 3.63) is 75.8 Å². The molecular formula is C16H14N2O4. The van der Waals surface area contributed by atoms with E-state index in [1.54, 1.807) is 43.5 Å². The number of oxime groups is 1. The minimum absolute atomic E-state index is 0.339. The summed E-state index contributed by atoms with van der Waals surface area (Å²) in [6.07, 6.45) is -0.740. The first kappa shape index (κ1) is 14.1. The predicted octanol–water partition coefficient (Wildman–Crippen LogP) is 2.82. The maximum absolute atomic E-state index is 11.5. The number of ether oxygens (including phenoxy) is 1. The number of rotatable bonds is 4. The van der Waals surface area contributed by atoms with E-state index in [-0.39, 0.29) is 4.92 Å². The monoisotopic (exact) mass is 298 g/mol. The van der Waals surface area contributed by atoms with Gasteiger partial charge in [-0.05, 0) is 12.1 Å². The lowest BCUT2D eigenvalue weighted by atomic mass is 9.95. The molecule has 0 aromatic heterocycles. The zero-order valence-corrected chi connectivity index (χ0v) is 11.9. The van der Waals surface area contributed by atoms with E-state index in [2.05, 4.69) is 5.16 Å². The van der Waals surface area contributed by atoms with E-state index in [9.17, 15) is 10.1 Å². The van der Waals surface area contributed by atoms with Gasteiger partial charge in [0.05, 0.1) is 7.11 Å². The van der Waals surface area contributed by atoms with Crippen molar-refractivity contribution >= 4 is 5.71 Å². The molecule has 112 valence electrons. The lowest BCUT2D eigenvalue weighted by Crippen LogP contribution is -2.32. The Hall–Kier alpha value is -2.89. The van der Waals surface area contributed by atoms with Crippen molar-refractivity contribution in [3.63, 3.8) is 0 Å². The van der Waals surface area contributed by atoms with Crippen molar-refractivity contribution in [2.75, 3.05) is 7.11 Å². The van der Waals surface area contributed by atoms with Crippen molar-refractivity contribution in [3.8, 4) is 5.75 Å². The van der Waals surface area contributed by atoms with Crippen LogP contribution >= 0.6 is 0 Å². The van der Waals surface area contributed by atoms with Crippen LogP contribution in [0, 0.1) is 10.1 Å². The molecule has 1 heterocycles. The van der Waals surface area contributed by atoms with E-state index in [0.717, 1.165) is 0 Å². The maximum Gasteiger partial charge on any atom is 0.301 e. The molecule has 0 saturated carbocycles. The summed E-state index contributed by atoms with van der Waals surface area (Å²) >= 11 is 0. The summed E-state index contributed by atoms with van der Waals surface area (Å²) in [5.41, 5.74) is 1.73. The molecule has 1 aliphatic rings. The van der Waals surface area contributed by atoms with Gasteiger partial charge in [0.2, 0.25) is 6.10 Å². The van der Waals surface area contributed by atoms with Crippen LogP contribution in [0.4, 0.5) is 0 Å². The number of methoxy groups -OCH3 is 1. The van der Waals surface area contributed by atoms with Crippen LogP contribution in [-0.4, -0.2) is 23.8 Å². The number of hydrogen-bond donors (Lipinski definition) is 0. The fraction of sp³-hybridized carbons (Fsp3) is 0.188. The van der Waals surface area contributed by atoms with Crippen LogP contribution in [0.2, 0.25) is 0 Å². The maximum atomic E-state index is 11.5. The first-order valence-electron chi connectivity index (χ1n) is 6.77. The Morgan fingerprint density at radius 1 is 1.14 bits per heavy atom. The number of nitrogens with zero attached hydrogens (tertiary/aromatic N) is 2. The third kappa shape index (κ3) is 2.50. The Kier molecular flexibility index (Phi) is 3.74. The van der Waals surface area contributed by atoms with E-state index in [1.807, 2.05) is 18.2 Å². The van der Waals surface area contributed by atoms with Gasteiger partial charge in [-0.1, -0.05) is 47.6 Å². The SMILES string of the molecule is COc1ccc(C2ON=C(c3ccccc3)C2[N+](=O)[O-])cc1. The van der Waals surface area contributed by atoms with Gasteiger partial charge in [-0.15, -0.1) is 0 Å². The molecule has 2 aromatic rings. The molecule has 0 radical (unpaired) electrons. The minimum Gasteiger partial charge on any atom is -0.497 e. The summed E-state index contributed by atoms with van der Waals surface area (Å²) in [7, 11) is 1.57. The average molecular weight is 298 g/mol. The molecular weight excluding hydrogens is 284 g/mol. The quantitative estimate of drug-likeness (QED) is 0.642. The van der Waals surface area contributed by atoms with Crippen LogP contribution in [0.15, 0.2) is 59.8 Å². The highest BCUT2D eigenvalue weighted by Gasteiger charge is 2.45. The number of benzene rings is 2. The van der Waals surface area contributed by atoms with Crippen LogP contribution in [-0.2, 0) is 4.84 Å². The molecule has 22 heavy (non-hydrogen) atoms. The van der Waals surface area contributed by atoms with E-state index >= 15 is 0 Å². The Labute approximate surface area is 127 Å². The fourth-order valence-electron chi connectivity index (χ4n) is 2.45. The van der Waals surface area contributed by atoms with Crippen LogP contribution < -0.4 is 4.74 Å². The van der Waals surface area contributed by atoms with Crippen molar-refractivity contribution in [2.24, 2.45) is 5.16 Å².